The normalized spacial score (nSPS) is 12.0. The number of aromatic nitrogens is 6. The number of rotatable bonds is 7. The molecule has 0 atom stereocenters. The summed E-state index contributed by atoms with van der Waals surface area (Å²) in [7, 11) is 0. The first-order valence-corrected chi connectivity index (χ1v) is 11.6. The van der Waals surface area contributed by atoms with Crippen LogP contribution < -0.4 is 5.69 Å². The summed E-state index contributed by atoms with van der Waals surface area (Å²) in [4.78, 5) is 13.2. The molecule has 1 N–H and O–H groups in total. The highest BCUT2D eigenvalue weighted by atomic mass is 19.1. The van der Waals surface area contributed by atoms with Crippen molar-refractivity contribution in [2.75, 3.05) is 0 Å². The molecule has 2 aromatic heterocycles. The Kier molecular flexibility index (Phi) is 6.50. The second kappa shape index (κ2) is 9.37. The number of benzene rings is 2. The maximum atomic E-state index is 15.4. The number of nitrogens with one attached hydrogen (secondary N) is 1. The summed E-state index contributed by atoms with van der Waals surface area (Å²) in [6.07, 6.45) is 1.34. The molecule has 0 fully saturated rings. The van der Waals surface area contributed by atoms with Gasteiger partial charge in [-0.1, -0.05) is 62.4 Å². The van der Waals surface area contributed by atoms with Crippen LogP contribution in [0.2, 0.25) is 0 Å². The van der Waals surface area contributed by atoms with Crippen molar-refractivity contribution in [2.45, 2.75) is 59.5 Å². The Morgan fingerprint density at radius 3 is 2.29 bits per heavy atom. The molecule has 4 rings (SSSR count). The van der Waals surface area contributed by atoms with E-state index < -0.39 is 11.5 Å². The van der Waals surface area contributed by atoms with Gasteiger partial charge in [0.1, 0.15) is 0 Å². The highest BCUT2D eigenvalue weighted by Gasteiger charge is 2.27. The summed E-state index contributed by atoms with van der Waals surface area (Å²) in [5.74, 6) is 0.517. The van der Waals surface area contributed by atoms with Crippen LogP contribution in [0.4, 0.5) is 4.39 Å². The number of halogens is 1. The zero-order valence-electron chi connectivity index (χ0n) is 20.3. The van der Waals surface area contributed by atoms with Gasteiger partial charge in [0.05, 0.1) is 12.2 Å². The van der Waals surface area contributed by atoms with E-state index in [0.29, 0.717) is 30.4 Å². The van der Waals surface area contributed by atoms with E-state index in [1.165, 1.54) is 4.57 Å². The van der Waals surface area contributed by atoms with Crippen molar-refractivity contribution in [3.63, 3.8) is 0 Å². The Hall–Kier alpha value is -3.55. The Bertz CT molecular complexity index is 1310. The molecule has 2 heterocycles. The Labute approximate surface area is 198 Å². The van der Waals surface area contributed by atoms with Crippen LogP contribution in [0.3, 0.4) is 0 Å². The highest BCUT2D eigenvalue weighted by molar-refractivity contribution is 5.80. The van der Waals surface area contributed by atoms with Crippen molar-refractivity contribution in [1.82, 2.24) is 29.8 Å². The van der Waals surface area contributed by atoms with E-state index in [2.05, 4.69) is 34.5 Å². The number of imidazole rings is 1. The van der Waals surface area contributed by atoms with Crippen molar-refractivity contribution in [3.8, 4) is 22.5 Å². The van der Waals surface area contributed by atoms with E-state index in [9.17, 15) is 4.79 Å². The molecule has 0 radical (unpaired) electrons. The molecule has 0 amide bonds. The fourth-order valence-electron chi connectivity index (χ4n) is 4.15. The van der Waals surface area contributed by atoms with Crippen molar-refractivity contribution in [1.29, 1.82) is 0 Å². The molecule has 0 aliphatic rings. The second-order valence-corrected chi connectivity index (χ2v) is 10.0. The first-order valence-electron chi connectivity index (χ1n) is 11.6. The molecule has 0 aliphatic carbocycles. The highest BCUT2D eigenvalue weighted by Crippen LogP contribution is 2.30. The van der Waals surface area contributed by atoms with Crippen LogP contribution >= 0.6 is 0 Å². The van der Waals surface area contributed by atoms with Crippen LogP contribution in [0, 0.1) is 11.9 Å². The predicted octanol–water partition coefficient (Wildman–Crippen LogP) is 5.03. The fraction of sp³-hybridized carbons (Fsp3) is 0.385. The van der Waals surface area contributed by atoms with Crippen LogP contribution in [-0.2, 0) is 18.5 Å². The number of tetrazole rings is 1. The predicted molar refractivity (Wildman–Crippen MR) is 131 cm³/mol. The lowest BCUT2D eigenvalue weighted by Gasteiger charge is -2.19. The van der Waals surface area contributed by atoms with E-state index in [0.717, 1.165) is 28.7 Å². The molecule has 0 spiro atoms. The second-order valence-electron chi connectivity index (χ2n) is 10.0. The third-order valence-corrected chi connectivity index (χ3v) is 5.93. The summed E-state index contributed by atoms with van der Waals surface area (Å²) in [6.45, 7) is 10.1. The molecule has 7 nitrogen and oxygen atoms in total. The van der Waals surface area contributed by atoms with Gasteiger partial charge in [-0.2, -0.15) is 9.60 Å². The first kappa shape index (κ1) is 23.6. The van der Waals surface area contributed by atoms with Crippen LogP contribution in [0.15, 0.2) is 53.3 Å². The smallest absolute Gasteiger partial charge is 0.289 e. The minimum atomic E-state index is -0.637. The van der Waals surface area contributed by atoms with Crippen LogP contribution in [-0.4, -0.2) is 29.8 Å². The number of hydrogen-bond acceptors (Lipinski definition) is 4. The summed E-state index contributed by atoms with van der Waals surface area (Å²) >= 11 is 0. The topological polar surface area (TPSA) is 81.4 Å². The molecule has 0 saturated carbocycles. The number of H-pyrrole nitrogens is 1. The lowest BCUT2D eigenvalue weighted by atomic mass is 9.98. The number of hydrogen-bond donors (Lipinski definition) is 1. The molecule has 0 aliphatic heterocycles. The van der Waals surface area contributed by atoms with Gasteiger partial charge in [-0.25, -0.2) is 4.79 Å². The maximum Gasteiger partial charge on any atom is 0.331 e. The molecule has 4 aromatic rings. The molecule has 8 heteroatoms. The Morgan fingerprint density at radius 1 is 1.03 bits per heavy atom. The zero-order valence-corrected chi connectivity index (χ0v) is 20.3. The van der Waals surface area contributed by atoms with Crippen molar-refractivity contribution >= 4 is 0 Å². The average molecular weight is 463 g/mol. The van der Waals surface area contributed by atoms with Gasteiger partial charge >= 0.3 is 5.69 Å². The van der Waals surface area contributed by atoms with Gasteiger partial charge in [0.2, 0.25) is 11.8 Å². The molecule has 0 saturated heterocycles. The summed E-state index contributed by atoms with van der Waals surface area (Å²) in [5, 5.41) is 14.4. The maximum absolute atomic E-state index is 15.4. The molecule has 34 heavy (non-hydrogen) atoms. The van der Waals surface area contributed by atoms with Crippen molar-refractivity contribution in [2.24, 2.45) is 5.92 Å². The van der Waals surface area contributed by atoms with E-state index in [1.807, 2.05) is 69.3 Å². The van der Waals surface area contributed by atoms with E-state index in [1.54, 1.807) is 4.57 Å². The first-order chi connectivity index (χ1) is 16.2. The van der Waals surface area contributed by atoms with E-state index >= 15 is 4.39 Å². The van der Waals surface area contributed by atoms with E-state index in [4.69, 9.17) is 0 Å². The largest absolute Gasteiger partial charge is 0.331 e. The van der Waals surface area contributed by atoms with Gasteiger partial charge in [0.15, 0.2) is 0 Å². The SMILES string of the molecule is CC(C)CCc1c(F)n(C(C)(C)C)c(=O)n1Cc1ccc(-c2ccccc2-c2nn[nH]n2)cc1. The summed E-state index contributed by atoms with van der Waals surface area (Å²) < 4.78 is 18.3. The van der Waals surface area contributed by atoms with Crippen LogP contribution in [0.1, 0.15) is 52.3 Å². The quantitative estimate of drug-likeness (QED) is 0.418. The summed E-state index contributed by atoms with van der Waals surface area (Å²) in [6, 6.07) is 15.8. The molecular formula is C26H31FN6O. The number of aromatic amines is 1. The minimum absolute atomic E-state index is 0.310. The van der Waals surface area contributed by atoms with Gasteiger partial charge in [-0.05, 0) is 61.4 Å². The van der Waals surface area contributed by atoms with Crippen LogP contribution in [0.5, 0.6) is 0 Å². The molecule has 0 bridgehead atoms. The van der Waals surface area contributed by atoms with Gasteiger partial charge in [-0.15, -0.1) is 10.2 Å². The Balaban J connectivity index is 1.68. The Morgan fingerprint density at radius 2 is 1.71 bits per heavy atom. The molecule has 2 aromatic carbocycles. The minimum Gasteiger partial charge on any atom is -0.289 e. The monoisotopic (exact) mass is 462 g/mol. The third-order valence-electron chi connectivity index (χ3n) is 5.93. The van der Waals surface area contributed by atoms with Gasteiger partial charge in [-0.3, -0.25) is 9.13 Å². The lowest BCUT2D eigenvalue weighted by molar-refractivity contribution is 0.323. The van der Waals surface area contributed by atoms with Crippen molar-refractivity contribution in [3.05, 3.63) is 76.2 Å². The summed E-state index contributed by atoms with van der Waals surface area (Å²) in [5.41, 5.74) is 3.31. The lowest BCUT2D eigenvalue weighted by Crippen LogP contribution is -2.36. The fourth-order valence-corrected chi connectivity index (χ4v) is 4.15. The molecule has 0 unspecified atom stereocenters. The van der Waals surface area contributed by atoms with Crippen LogP contribution in [0.25, 0.3) is 22.5 Å². The average Bonchev–Trinajstić information content (AvgIpc) is 3.40. The zero-order chi connectivity index (χ0) is 24.5. The molecule has 178 valence electrons. The molecular weight excluding hydrogens is 431 g/mol. The van der Waals surface area contributed by atoms with Gasteiger partial charge in [0, 0.05) is 11.1 Å². The van der Waals surface area contributed by atoms with E-state index in [-0.39, 0.29) is 5.69 Å². The standard InChI is InChI=1S/C26H31FN6O/c1-17(2)10-15-22-23(27)33(26(3,4)5)25(34)32(22)16-18-11-13-19(14-12-18)20-8-6-7-9-21(20)24-28-30-31-29-24/h6-9,11-14,17H,10,15-16H2,1-5H3,(H,28,29,30,31). The van der Waals surface area contributed by atoms with Crippen molar-refractivity contribution < 1.29 is 4.39 Å². The third kappa shape index (κ3) is 4.71. The number of nitrogens with zero attached hydrogens (tertiary/aromatic N) is 5. The van der Waals surface area contributed by atoms with Gasteiger partial charge < -0.3 is 0 Å². The van der Waals surface area contributed by atoms with Gasteiger partial charge in [0.25, 0.3) is 0 Å².